The van der Waals surface area contributed by atoms with Gasteiger partial charge in [-0.25, -0.2) is 37.9 Å². The number of hydrogen-bond donors (Lipinski definition) is 3. The molecule has 3 aromatic heterocycles. The minimum absolute atomic E-state index is 0.213. The Morgan fingerprint density at radius 3 is 2.21 bits per heavy atom. The molecule has 0 aliphatic rings. The van der Waals surface area contributed by atoms with E-state index in [4.69, 9.17) is 0 Å². The van der Waals surface area contributed by atoms with Gasteiger partial charge in [0.25, 0.3) is 21.5 Å². The number of carbonyl (C=O) groups excluding carboxylic acids is 1. The summed E-state index contributed by atoms with van der Waals surface area (Å²) >= 11 is 0. The molecule has 0 saturated carbocycles. The second-order valence-electron chi connectivity index (χ2n) is 10.00. The number of aryl methyl sites for hydroxylation is 1. The molecule has 14 nitrogen and oxygen atoms in total. The number of amides is 1. The van der Waals surface area contributed by atoms with Crippen LogP contribution >= 0.6 is 0 Å². The molecule has 5 rings (SSSR count). The first-order valence-electron chi connectivity index (χ1n) is 13.5. The van der Waals surface area contributed by atoms with Crippen LogP contribution in [0.15, 0.2) is 100 Å². The minimum atomic E-state index is -4.42. The van der Waals surface area contributed by atoms with E-state index in [1.807, 2.05) is 4.72 Å². The molecule has 47 heavy (non-hydrogen) atoms. The number of benzene rings is 2. The van der Waals surface area contributed by atoms with Crippen molar-refractivity contribution >= 4 is 27.6 Å². The van der Waals surface area contributed by atoms with E-state index in [-0.39, 0.29) is 12.1 Å². The van der Waals surface area contributed by atoms with Crippen LogP contribution in [0.3, 0.4) is 0 Å². The first kappa shape index (κ1) is 32.3. The molecular formula is C30H23F2N7O7S. The van der Waals surface area contributed by atoms with Crippen LogP contribution in [0.25, 0.3) is 17.1 Å². The van der Waals surface area contributed by atoms with Crippen molar-refractivity contribution in [1.29, 1.82) is 0 Å². The van der Waals surface area contributed by atoms with Crippen molar-refractivity contribution < 1.29 is 31.9 Å². The molecule has 0 fully saturated rings. The SMILES string of the molecule is Cn1ccc(=O)n(-c2ccc(C[C@H](NC(=O)c3c(F)cc(NS(=O)(=O)c4ccc(-c5ncccn5)cn4)cc3F)C(=O)O)cc2)c1=O. The highest BCUT2D eigenvalue weighted by Gasteiger charge is 2.27. The number of carbonyl (C=O) groups is 2. The van der Waals surface area contributed by atoms with Gasteiger partial charge in [-0.05, 0) is 48.0 Å². The van der Waals surface area contributed by atoms with Crippen LogP contribution in [0.1, 0.15) is 15.9 Å². The van der Waals surface area contributed by atoms with Crippen molar-refractivity contribution in [2.45, 2.75) is 17.5 Å². The number of carboxylic acid groups (broad SMARTS) is 1. The van der Waals surface area contributed by atoms with Gasteiger partial charge >= 0.3 is 11.7 Å². The molecule has 17 heteroatoms. The summed E-state index contributed by atoms with van der Waals surface area (Å²) in [6, 6.07) is 10.5. The normalized spacial score (nSPS) is 11.9. The first-order chi connectivity index (χ1) is 22.3. The number of rotatable bonds is 10. The van der Waals surface area contributed by atoms with E-state index in [0.717, 1.165) is 10.6 Å². The minimum Gasteiger partial charge on any atom is -0.480 e. The van der Waals surface area contributed by atoms with E-state index in [1.54, 1.807) is 6.07 Å². The van der Waals surface area contributed by atoms with Crippen molar-refractivity contribution in [2.75, 3.05) is 4.72 Å². The molecule has 1 amide bonds. The Kier molecular flexibility index (Phi) is 9.00. The summed E-state index contributed by atoms with van der Waals surface area (Å²) < 4.78 is 59.7. The zero-order valence-corrected chi connectivity index (χ0v) is 25.0. The highest BCUT2D eigenvalue weighted by molar-refractivity contribution is 7.92. The molecule has 0 radical (unpaired) electrons. The average Bonchev–Trinajstić information content (AvgIpc) is 3.03. The molecule has 0 spiro atoms. The number of aliphatic carboxylic acids is 1. The summed E-state index contributed by atoms with van der Waals surface area (Å²) in [6.07, 6.45) is 5.18. The zero-order valence-electron chi connectivity index (χ0n) is 24.2. The van der Waals surface area contributed by atoms with Crippen molar-refractivity contribution in [3.05, 3.63) is 129 Å². The molecule has 0 saturated heterocycles. The molecule has 0 bridgehead atoms. The van der Waals surface area contributed by atoms with Crippen LogP contribution in [-0.4, -0.2) is 55.5 Å². The summed E-state index contributed by atoms with van der Waals surface area (Å²) in [5.74, 6) is -5.55. The third-order valence-corrected chi connectivity index (χ3v) is 8.05. The summed E-state index contributed by atoms with van der Waals surface area (Å²) in [5.41, 5.74) is -1.89. The monoisotopic (exact) mass is 663 g/mol. The van der Waals surface area contributed by atoms with Gasteiger partial charge in [-0.15, -0.1) is 0 Å². The second kappa shape index (κ2) is 13.1. The van der Waals surface area contributed by atoms with Crippen molar-refractivity contribution in [3.8, 4) is 17.1 Å². The van der Waals surface area contributed by atoms with Crippen LogP contribution < -0.4 is 21.3 Å². The number of carboxylic acids is 1. The van der Waals surface area contributed by atoms with Crippen LogP contribution in [0, 0.1) is 11.6 Å². The lowest BCUT2D eigenvalue weighted by Gasteiger charge is -2.16. The lowest BCUT2D eigenvalue weighted by atomic mass is 10.0. The Labute approximate surface area is 264 Å². The van der Waals surface area contributed by atoms with E-state index >= 15 is 0 Å². The predicted octanol–water partition coefficient (Wildman–Crippen LogP) is 1.89. The number of hydrogen-bond acceptors (Lipinski definition) is 9. The molecule has 0 aliphatic carbocycles. The molecule has 240 valence electrons. The average molecular weight is 664 g/mol. The van der Waals surface area contributed by atoms with Crippen molar-refractivity contribution in [2.24, 2.45) is 7.05 Å². The van der Waals surface area contributed by atoms with Crippen LogP contribution in [-0.2, 0) is 28.3 Å². The highest BCUT2D eigenvalue weighted by atomic mass is 32.2. The third kappa shape index (κ3) is 7.09. The largest absolute Gasteiger partial charge is 0.480 e. The number of anilines is 1. The van der Waals surface area contributed by atoms with Gasteiger partial charge in [-0.1, -0.05) is 12.1 Å². The van der Waals surface area contributed by atoms with Crippen LogP contribution in [0.5, 0.6) is 0 Å². The van der Waals surface area contributed by atoms with Gasteiger partial charge in [0.15, 0.2) is 10.9 Å². The maximum atomic E-state index is 15.0. The maximum Gasteiger partial charge on any atom is 0.335 e. The fraction of sp³-hybridized carbons (Fsp3) is 0.100. The first-order valence-corrected chi connectivity index (χ1v) is 15.0. The molecule has 2 aromatic carbocycles. The van der Waals surface area contributed by atoms with Crippen LogP contribution in [0.4, 0.5) is 14.5 Å². The number of sulfonamides is 1. The summed E-state index contributed by atoms with van der Waals surface area (Å²) in [4.78, 5) is 61.2. The van der Waals surface area contributed by atoms with Gasteiger partial charge in [-0.3, -0.25) is 14.3 Å². The van der Waals surface area contributed by atoms with Crippen molar-refractivity contribution in [3.63, 3.8) is 0 Å². The fourth-order valence-electron chi connectivity index (χ4n) is 4.43. The Morgan fingerprint density at radius 2 is 1.62 bits per heavy atom. The number of nitrogens with one attached hydrogen (secondary N) is 2. The zero-order chi connectivity index (χ0) is 33.9. The molecule has 0 unspecified atom stereocenters. The number of nitrogens with zero attached hydrogens (tertiary/aromatic N) is 5. The summed E-state index contributed by atoms with van der Waals surface area (Å²) in [5, 5.41) is 11.3. The molecule has 0 aliphatic heterocycles. The van der Waals surface area contributed by atoms with E-state index in [2.05, 4.69) is 20.3 Å². The smallest absolute Gasteiger partial charge is 0.335 e. The van der Waals surface area contributed by atoms with Crippen molar-refractivity contribution in [1.82, 2.24) is 29.4 Å². The van der Waals surface area contributed by atoms with Gasteiger partial charge in [-0.2, -0.15) is 8.42 Å². The van der Waals surface area contributed by atoms with E-state index < -0.39 is 67.1 Å². The fourth-order valence-corrected chi connectivity index (χ4v) is 5.40. The number of aromatic nitrogens is 5. The van der Waals surface area contributed by atoms with E-state index in [0.29, 0.717) is 29.1 Å². The molecular weight excluding hydrogens is 640 g/mol. The third-order valence-electron chi connectivity index (χ3n) is 6.75. The number of pyridine rings is 1. The highest BCUT2D eigenvalue weighted by Crippen LogP contribution is 2.23. The molecule has 3 N–H and O–H groups in total. The summed E-state index contributed by atoms with van der Waals surface area (Å²) in [7, 11) is -2.96. The molecule has 5 aromatic rings. The van der Waals surface area contributed by atoms with Crippen LogP contribution in [0.2, 0.25) is 0 Å². The topological polar surface area (TPSA) is 195 Å². The molecule has 3 heterocycles. The predicted molar refractivity (Wildman–Crippen MR) is 162 cm³/mol. The Morgan fingerprint density at radius 1 is 0.957 bits per heavy atom. The Bertz CT molecular complexity index is 2190. The van der Waals surface area contributed by atoms with Gasteiger partial charge in [0.2, 0.25) is 0 Å². The lowest BCUT2D eigenvalue weighted by molar-refractivity contribution is -0.139. The molecule has 1 atom stereocenters. The van der Waals surface area contributed by atoms with E-state index in [9.17, 15) is 41.5 Å². The van der Waals surface area contributed by atoms with E-state index in [1.165, 1.54) is 72.8 Å². The van der Waals surface area contributed by atoms with Gasteiger partial charge in [0.05, 0.1) is 11.4 Å². The summed E-state index contributed by atoms with van der Waals surface area (Å²) in [6.45, 7) is 0. The quantitative estimate of drug-likeness (QED) is 0.199. The Balaban J connectivity index is 1.29. The standard InChI is InChI=1S/C30H23F2N7O7S/c1-38-12-9-25(40)39(30(38)44)20-6-3-17(4-7-20)13-23(29(42)43)36-28(41)26-21(31)14-19(15-22(26)32)37-47(45,46)24-8-5-18(16-35-24)27-33-10-2-11-34-27/h2-12,14-16,23,37H,13H2,1H3,(H,36,41)(H,42,43)/t23-/m0/s1. The maximum absolute atomic E-state index is 15.0. The van der Waals surface area contributed by atoms with Gasteiger partial charge < -0.3 is 15.0 Å². The lowest BCUT2D eigenvalue weighted by Crippen LogP contribution is -2.43. The number of halogens is 2. The van der Waals surface area contributed by atoms with Gasteiger partial charge in [0, 0.05) is 49.9 Å². The van der Waals surface area contributed by atoms with Gasteiger partial charge in [0.1, 0.15) is 23.2 Å². The second-order valence-corrected chi connectivity index (χ2v) is 11.6. The Hall–Kier alpha value is -6.10.